The molecular weight excluding hydrogens is 158 g/mol. The second-order valence-corrected chi connectivity index (χ2v) is 2.57. The summed E-state index contributed by atoms with van der Waals surface area (Å²) in [5, 5.41) is 13.8. The number of nitrogens with zero attached hydrogens (tertiary/aromatic N) is 4. The van der Waals surface area contributed by atoms with E-state index in [2.05, 4.69) is 20.8 Å². The zero-order valence-corrected chi connectivity index (χ0v) is 7.48. The third kappa shape index (κ3) is 2.16. The Morgan fingerprint density at radius 3 is 2.92 bits per heavy atom. The second-order valence-electron chi connectivity index (χ2n) is 2.57. The van der Waals surface area contributed by atoms with E-state index in [9.17, 15) is 0 Å². The maximum absolute atomic E-state index is 5.39. The van der Waals surface area contributed by atoms with Crippen molar-refractivity contribution in [1.82, 2.24) is 25.5 Å². The first-order chi connectivity index (χ1) is 5.74. The highest BCUT2D eigenvalue weighted by molar-refractivity contribution is 4.86. The number of nitrogens with one attached hydrogen (secondary N) is 1. The Morgan fingerprint density at radius 1 is 1.67 bits per heavy atom. The van der Waals surface area contributed by atoms with Gasteiger partial charge in [0.15, 0.2) is 0 Å². The van der Waals surface area contributed by atoms with Crippen LogP contribution >= 0.6 is 0 Å². The molecular formula is C6H13N5O. The summed E-state index contributed by atoms with van der Waals surface area (Å²) in [7, 11) is 3.61. The lowest BCUT2D eigenvalue weighted by atomic mass is 10.4. The SMILES string of the molecule is CNCC(C)Oc1nnnn1C. The second kappa shape index (κ2) is 4.01. The Balaban J connectivity index is 2.46. The fraction of sp³-hybridized carbons (Fsp3) is 0.833. The zero-order chi connectivity index (χ0) is 8.97. The van der Waals surface area contributed by atoms with Crippen molar-refractivity contribution in [3.63, 3.8) is 0 Å². The maximum Gasteiger partial charge on any atom is 0.335 e. The van der Waals surface area contributed by atoms with Crippen molar-refractivity contribution in [1.29, 1.82) is 0 Å². The van der Waals surface area contributed by atoms with E-state index in [0.717, 1.165) is 6.54 Å². The van der Waals surface area contributed by atoms with Gasteiger partial charge in [-0.2, -0.15) is 4.68 Å². The van der Waals surface area contributed by atoms with Crippen LogP contribution in [-0.4, -0.2) is 39.9 Å². The van der Waals surface area contributed by atoms with Crippen LogP contribution in [0.25, 0.3) is 0 Å². The van der Waals surface area contributed by atoms with Crippen molar-refractivity contribution in [3.8, 4) is 6.01 Å². The van der Waals surface area contributed by atoms with E-state index in [-0.39, 0.29) is 6.10 Å². The number of rotatable bonds is 4. The van der Waals surface area contributed by atoms with Crippen LogP contribution in [0, 0.1) is 0 Å². The average Bonchev–Trinajstić information content (AvgIpc) is 2.37. The number of aromatic nitrogens is 4. The van der Waals surface area contributed by atoms with Crippen LogP contribution < -0.4 is 10.1 Å². The molecule has 0 bridgehead atoms. The van der Waals surface area contributed by atoms with Crippen LogP contribution in [0.4, 0.5) is 0 Å². The molecule has 1 unspecified atom stereocenters. The van der Waals surface area contributed by atoms with Gasteiger partial charge in [0, 0.05) is 13.6 Å². The van der Waals surface area contributed by atoms with Crippen LogP contribution in [0.3, 0.4) is 0 Å². The normalized spacial score (nSPS) is 12.9. The molecule has 1 atom stereocenters. The Kier molecular flexibility index (Phi) is 2.98. The van der Waals surface area contributed by atoms with Crippen molar-refractivity contribution in [2.45, 2.75) is 13.0 Å². The first kappa shape index (κ1) is 8.92. The third-order valence-electron chi connectivity index (χ3n) is 1.38. The van der Waals surface area contributed by atoms with Gasteiger partial charge in [-0.05, 0) is 24.4 Å². The number of hydrogen-bond acceptors (Lipinski definition) is 5. The summed E-state index contributed by atoms with van der Waals surface area (Å²) < 4.78 is 6.88. The molecule has 6 heteroatoms. The highest BCUT2D eigenvalue weighted by Crippen LogP contribution is 2.02. The van der Waals surface area contributed by atoms with Crippen molar-refractivity contribution in [2.24, 2.45) is 7.05 Å². The molecule has 0 aliphatic heterocycles. The summed E-state index contributed by atoms with van der Waals surface area (Å²) in [5.41, 5.74) is 0. The Bertz CT molecular complexity index is 236. The van der Waals surface area contributed by atoms with Crippen molar-refractivity contribution >= 4 is 0 Å². The van der Waals surface area contributed by atoms with Gasteiger partial charge in [0.2, 0.25) is 0 Å². The molecule has 0 radical (unpaired) electrons. The van der Waals surface area contributed by atoms with Gasteiger partial charge in [-0.15, -0.1) is 0 Å². The van der Waals surface area contributed by atoms with E-state index >= 15 is 0 Å². The minimum atomic E-state index is 0.0692. The summed E-state index contributed by atoms with van der Waals surface area (Å²) in [5.74, 6) is 0. The average molecular weight is 171 g/mol. The van der Waals surface area contributed by atoms with Crippen LogP contribution in [0.15, 0.2) is 0 Å². The monoisotopic (exact) mass is 171 g/mol. The molecule has 0 aromatic carbocycles. The van der Waals surface area contributed by atoms with E-state index in [1.54, 1.807) is 7.05 Å². The van der Waals surface area contributed by atoms with Gasteiger partial charge in [0.25, 0.3) is 0 Å². The van der Waals surface area contributed by atoms with Crippen molar-refractivity contribution in [2.75, 3.05) is 13.6 Å². The Labute approximate surface area is 70.9 Å². The molecule has 1 aromatic rings. The number of likely N-dealkylation sites (N-methyl/N-ethyl adjacent to an activating group) is 1. The molecule has 1 heterocycles. The quantitative estimate of drug-likeness (QED) is 0.642. The minimum absolute atomic E-state index is 0.0692. The lowest BCUT2D eigenvalue weighted by Gasteiger charge is -2.11. The minimum Gasteiger partial charge on any atom is -0.458 e. The van der Waals surface area contributed by atoms with Gasteiger partial charge in [-0.25, -0.2) is 0 Å². The fourth-order valence-corrected chi connectivity index (χ4v) is 0.830. The van der Waals surface area contributed by atoms with Gasteiger partial charge < -0.3 is 10.1 Å². The molecule has 0 amide bonds. The van der Waals surface area contributed by atoms with Crippen LogP contribution in [-0.2, 0) is 7.05 Å². The van der Waals surface area contributed by atoms with Gasteiger partial charge in [0.1, 0.15) is 6.10 Å². The molecule has 0 saturated carbocycles. The van der Waals surface area contributed by atoms with E-state index < -0.39 is 0 Å². The van der Waals surface area contributed by atoms with E-state index in [1.165, 1.54) is 4.68 Å². The van der Waals surface area contributed by atoms with Gasteiger partial charge >= 0.3 is 6.01 Å². The summed E-state index contributed by atoms with van der Waals surface area (Å²) in [6, 6.07) is 0.442. The molecule has 0 fully saturated rings. The molecule has 0 spiro atoms. The molecule has 0 aliphatic carbocycles. The van der Waals surface area contributed by atoms with Gasteiger partial charge in [-0.3, -0.25) is 0 Å². The predicted octanol–water partition coefficient (Wildman–Crippen LogP) is -0.803. The maximum atomic E-state index is 5.39. The molecule has 0 aliphatic rings. The predicted molar refractivity (Wildman–Crippen MR) is 42.8 cm³/mol. The zero-order valence-electron chi connectivity index (χ0n) is 7.48. The summed E-state index contributed by atoms with van der Waals surface area (Å²) in [6.45, 7) is 2.72. The highest BCUT2D eigenvalue weighted by atomic mass is 16.5. The van der Waals surface area contributed by atoms with Gasteiger partial charge in [-0.1, -0.05) is 5.10 Å². The lowest BCUT2D eigenvalue weighted by molar-refractivity contribution is 0.193. The fourth-order valence-electron chi connectivity index (χ4n) is 0.830. The largest absolute Gasteiger partial charge is 0.458 e. The first-order valence-electron chi connectivity index (χ1n) is 3.77. The van der Waals surface area contributed by atoms with E-state index in [0.29, 0.717) is 6.01 Å². The van der Waals surface area contributed by atoms with E-state index in [1.807, 2.05) is 14.0 Å². The number of ether oxygens (including phenoxy) is 1. The van der Waals surface area contributed by atoms with Crippen LogP contribution in [0.1, 0.15) is 6.92 Å². The van der Waals surface area contributed by atoms with E-state index in [4.69, 9.17) is 4.74 Å². The molecule has 1 N–H and O–H groups in total. The van der Waals surface area contributed by atoms with Crippen LogP contribution in [0.5, 0.6) is 6.01 Å². The van der Waals surface area contributed by atoms with Crippen molar-refractivity contribution in [3.05, 3.63) is 0 Å². The number of aryl methyl sites for hydroxylation is 1. The lowest BCUT2D eigenvalue weighted by Crippen LogP contribution is -2.27. The topological polar surface area (TPSA) is 64.9 Å². The first-order valence-corrected chi connectivity index (χ1v) is 3.77. The summed E-state index contributed by atoms with van der Waals surface area (Å²) in [6.07, 6.45) is 0.0692. The molecule has 12 heavy (non-hydrogen) atoms. The van der Waals surface area contributed by atoms with Crippen LogP contribution in [0.2, 0.25) is 0 Å². The molecule has 6 nitrogen and oxygen atoms in total. The molecule has 0 saturated heterocycles. The number of tetrazole rings is 1. The van der Waals surface area contributed by atoms with Crippen molar-refractivity contribution < 1.29 is 4.74 Å². The standard InChI is InChI=1S/C6H13N5O/c1-5(4-7-2)12-6-8-9-10-11(6)3/h5,7H,4H2,1-3H3. The van der Waals surface area contributed by atoms with Gasteiger partial charge in [0.05, 0.1) is 0 Å². The molecule has 1 rings (SSSR count). The Morgan fingerprint density at radius 2 is 2.42 bits per heavy atom. The molecule has 68 valence electrons. The summed E-state index contributed by atoms with van der Waals surface area (Å²) >= 11 is 0. The Hall–Kier alpha value is -1.17. The third-order valence-corrected chi connectivity index (χ3v) is 1.38. The highest BCUT2D eigenvalue weighted by Gasteiger charge is 2.07. The summed E-state index contributed by atoms with van der Waals surface area (Å²) in [4.78, 5) is 0. The smallest absolute Gasteiger partial charge is 0.335 e. The molecule has 1 aromatic heterocycles. The number of hydrogen-bond donors (Lipinski definition) is 1.